The largest absolute Gasteiger partial charge is 0.496 e. The zero-order valence-corrected chi connectivity index (χ0v) is 15.0. The number of carbonyl (C=O) groups is 1. The number of benzene rings is 1. The molecule has 3 aromatic rings. The highest BCUT2D eigenvalue weighted by atomic mass is 16.5. The highest BCUT2D eigenvalue weighted by Crippen LogP contribution is 2.21. The summed E-state index contributed by atoms with van der Waals surface area (Å²) in [5.41, 5.74) is 1.72. The van der Waals surface area contributed by atoms with Gasteiger partial charge in [-0.1, -0.05) is 32.0 Å². The zero-order valence-electron chi connectivity index (χ0n) is 15.0. The highest BCUT2D eigenvalue weighted by molar-refractivity contribution is 5.83. The van der Waals surface area contributed by atoms with Crippen LogP contribution >= 0.6 is 0 Å². The average molecular weight is 351 g/mol. The molecule has 0 unspecified atom stereocenters. The van der Waals surface area contributed by atoms with Gasteiger partial charge in [0.1, 0.15) is 5.75 Å². The maximum atomic E-state index is 12.5. The quantitative estimate of drug-likeness (QED) is 0.734. The maximum absolute atomic E-state index is 12.5. The van der Waals surface area contributed by atoms with Gasteiger partial charge >= 0.3 is 0 Å². The molecule has 7 nitrogen and oxygen atoms in total. The molecule has 0 radical (unpaired) electrons. The lowest BCUT2D eigenvalue weighted by atomic mass is 10.2. The van der Waals surface area contributed by atoms with Crippen molar-refractivity contribution in [1.29, 1.82) is 0 Å². The van der Waals surface area contributed by atoms with Crippen LogP contribution in [-0.4, -0.2) is 32.8 Å². The summed E-state index contributed by atoms with van der Waals surface area (Å²) in [6.45, 7) is 4.12. The lowest BCUT2D eigenvalue weighted by molar-refractivity contribution is 0.0841. The number of hydrogen-bond donors (Lipinski definition) is 1. The van der Waals surface area contributed by atoms with Gasteiger partial charge < -0.3 is 10.1 Å². The van der Waals surface area contributed by atoms with E-state index in [2.05, 4.69) is 20.4 Å². The third kappa shape index (κ3) is 3.72. The number of nitrogens with zero attached hydrogens (tertiary/aromatic N) is 4. The van der Waals surface area contributed by atoms with Crippen molar-refractivity contribution in [3.05, 3.63) is 54.4 Å². The Kier molecular flexibility index (Phi) is 5.26. The first-order chi connectivity index (χ1) is 12.6. The van der Waals surface area contributed by atoms with E-state index in [-0.39, 0.29) is 11.8 Å². The van der Waals surface area contributed by atoms with Gasteiger partial charge in [-0.25, -0.2) is 0 Å². The number of ether oxygens (including phenoxy) is 1. The maximum Gasteiger partial charge on any atom is 0.252 e. The summed E-state index contributed by atoms with van der Waals surface area (Å²) in [6.07, 6.45) is 3.35. The number of rotatable bonds is 6. The minimum absolute atomic E-state index is 0.129. The summed E-state index contributed by atoms with van der Waals surface area (Å²) in [4.78, 5) is 21.1. The Balaban J connectivity index is 1.91. The molecular weight excluding hydrogens is 330 g/mol. The van der Waals surface area contributed by atoms with Crippen molar-refractivity contribution in [2.75, 3.05) is 12.4 Å². The molecule has 0 amide bonds. The standard InChI is InChI=1S/C19H21N5O2/c1-13(2)18(25)24-19(21-12-14-7-4-5-9-16(14)26-3)22-17(23-24)15-8-6-10-20-11-15/h4-11,13H,12H2,1-3H3,(H,21,22,23). The van der Waals surface area contributed by atoms with Gasteiger partial charge in [-0.2, -0.15) is 9.67 Å². The average Bonchev–Trinajstić information content (AvgIpc) is 3.10. The first-order valence-electron chi connectivity index (χ1n) is 8.37. The number of pyridine rings is 1. The molecule has 0 aliphatic carbocycles. The van der Waals surface area contributed by atoms with Crippen molar-refractivity contribution < 1.29 is 9.53 Å². The van der Waals surface area contributed by atoms with Crippen molar-refractivity contribution in [2.45, 2.75) is 20.4 Å². The van der Waals surface area contributed by atoms with Gasteiger partial charge in [0.2, 0.25) is 5.95 Å². The van der Waals surface area contributed by atoms with Gasteiger partial charge in [-0.05, 0) is 18.2 Å². The van der Waals surface area contributed by atoms with Gasteiger partial charge in [0, 0.05) is 36.0 Å². The fraction of sp³-hybridized carbons (Fsp3) is 0.263. The molecule has 2 aromatic heterocycles. The number of nitrogens with one attached hydrogen (secondary N) is 1. The Bertz CT molecular complexity index is 890. The summed E-state index contributed by atoms with van der Waals surface area (Å²) in [7, 11) is 1.63. The van der Waals surface area contributed by atoms with E-state index in [0.717, 1.165) is 16.9 Å². The van der Waals surface area contributed by atoms with Gasteiger partial charge in [0.15, 0.2) is 5.82 Å². The predicted octanol–water partition coefficient (Wildman–Crippen LogP) is 3.26. The molecule has 1 aromatic carbocycles. The van der Waals surface area contributed by atoms with Crippen LogP contribution in [0.5, 0.6) is 5.75 Å². The monoisotopic (exact) mass is 351 g/mol. The summed E-state index contributed by atoms with van der Waals surface area (Å²) in [5, 5.41) is 7.58. The first kappa shape index (κ1) is 17.6. The van der Waals surface area contributed by atoms with Crippen molar-refractivity contribution in [3.8, 4) is 17.1 Å². The molecule has 0 aliphatic heterocycles. The van der Waals surface area contributed by atoms with Crippen LogP contribution < -0.4 is 10.1 Å². The van der Waals surface area contributed by atoms with Crippen molar-refractivity contribution in [2.24, 2.45) is 5.92 Å². The number of methoxy groups -OCH3 is 1. The fourth-order valence-corrected chi connectivity index (χ4v) is 2.47. The Hall–Kier alpha value is -3.22. The fourth-order valence-electron chi connectivity index (χ4n) is 2.47. The van der Waals surface area contributed by atoms with Crippen molar-refractivity contribution in [3.63, 3.8) is 0 Å². The van der Waals surface area contributed by atoms with Crippen LogP contribution in [0.3, 0.4) is 0 Å². The molecule has 7 heteroatoms. The lowest BCUT2D eigenvalue weighted by Gasteiger charge is -2.11. The summed E-state index contributed by atoms with van der Waals surface area (Å²) < 4.78 is 6.69. The van der Waals surface area contributed by atoms with Crippen LogP contribution in [0.1, 0.15) is 24.2 Å². The smallest absolute Gasteiger partial charge is 0.252 e. The van der Waals surface area contributed by atoms with Crippen molar-refractivity contribution in [1.82, 2.24) is 19.7 Å². The Morgan fingerprint density at radius 1 is 1.23 bits per heavy atom. The van der Waals surface area contributed by atoms with E-state index in [0.29, 0.717) is 18.3 Å². The van der Waals surface area contributed by atoms with Crippen LogP contribution in [0.4, 0.5) is 5.95 Å². The van der Waals surface area contributed by atoms with Gasteiger partial charge in [0.05, 0.1) is 7.11 Å². The third-order valence-electron chi connectivity index (χ3n) is 3.86. The second kappa shape index (κ2) is 7.77. The number of para-hydroxylation sites is 1. The van der Waals surface area contributed by atoms with Gasteiger partial charge in [-0.3, -0.25) is 9.78 Å². The second-order valence-corrected chi connectivity index (χ2v) is 6.07. The molecule has 2 heterocycles. The number of aromatic nitrogens is 4. The van der Waals surface area contributed by atoms with E-state index in [4.69, 9.17) is 4.74 Å². The molecule has 0 spiro atoms. The Morgan fingerprint density at radius 2 is 2.04 bits per heavy atom. The molecule has 0 atom stereocenters. The molecule has 0 bridgehead atoms. The molecule has 1 N–H and O–H groups in total. The molecule has 3 rings (SSSR count). The second-order valence-electron chi connectivity index (χ2n) is 6.07. The van der Waals surface area contributed by atoms with E-state index in [9.17, 15) is 4.79 Å². The number of carbonyl (C=O) groups excluding carboxylic acids is 1. The van der Waals surface area contributed by atoms with Crippen LogP contribution in [0.15, 0.2) is 48.8 Å². The van der Waals surface area contributed by atoms with Crippen molar-refractivity contribution >= 4 is 11.9 Å². The van der Waals surface area contributed by atoms with Crippen LogP contribution in [0.25, 0.3) is 11.4 Å². The van der Waals surface area contributed by atoms with Crippen LogP contribution in [-0.2, 0) is 6.54 Å². The van der Waals surface area contributed by atoms with E-state index in [1.807, 2.05) is 50.2 Å². The topological polar surface area (TPSA) is 81.9 Å². The van der Waals surface area contributed by atoms with E-state index in [1.54, 1.807) is 19.5 Å². The molecule has 0 saturated heterocycles. The molecule has 0 fully saturated rings. The first-order valence-corrected chi connectivity index (χ1v) is 8.37. The molecular formula is C19H21N5O2. The highest BCUT2D eigenvalue weighted by Gasteiger charge is 2.19. The summed E-state index contributed by atoms with van der Waals surface area (Å²) in [5.74, 6) is 1.29. The Morgan fingerprint density at radius 3 is 2.73 bits per heavy atom. The molecule has 134 valence electrons. The summed E-state index contributed by atoms with van der Waals surface area (Å²) >= 11 is 0. The lowest BCUT2D eigenvalue weighted by Crippen LogP contribution is -2.21. The van der Waals surface area contributed by atoms with Crippen LogP contribution in [0, 0.1) is 5.92 Å². The number of hydrogen-bond acceptors (Lipinski definition) is 6. The predicted molar refractivity (Wildman–Crippen MR) is 99.0 cm³/mol. The van der Waals surface area contributed by atoms with Gasteiger partial charge in [-0.15, -0.1) is 5.10 Å². The van der Waals surface area contributed by atoms with E-state index >= 15 is 0 Å². The molecule has 0 aliphatic rings. The SMILES string of the molecule is COc1ccccc1CNc1nc(-c2cccnc2)nn1C(=O)C(C)C. The third-order valence-corrected chi connectivity index (χ3v) is 3.86. The zero-order chi connectivity index (χ0) is 18.5. The van der Waals surface area contributed by atoms with Crippen LogP contribution in [0.2, 0.25) is 0 Å². The normalized spacial score (nSPS) is 10.8. The Labute approximate surface area is 152 Å². The minimum Gasteiger partial charge on any atom is -0.496 e. The number of anilines is 1. The summed E-state index contributed by atoms with van der Waals surface area (Å²) in [6, 6.07) is 11.4. The minimum atomic E-state index is -0.203. The van der Waals surface area contributed by atoms with Gasteiger partial charge in [0.25, 0.3) is 5.91 Å². The molecule has 0 saturated carbocycles. The molecule has 26 heavy (non-hydrogen) atoms. The van der Waals surface area contributed by atoms with E-state index in [1.165, 1.54) is 4.68 Å². The van der Waals surface area contributed by atoms with E-state index < -0.39 is 0 Å².